The Bertz CT molecular complexity index is 1060. The lowest BCUT2D eigenvalue weighted by molar-refractivity contribution is -0.111. The van der Waals surface area contributed by atoms with Gasteiger partial charge in [0.25, 0.3) is 5.56 Å². The Balaban J connectivity index is 1.62. The van der Waals surface area contributed by atoms with Crippen LogP contribution < -0.4 is 10.9 Å². The monoisotopic (exact) mass is 361 g/mol. The molecule has 3 aromatic rings. The standard InChI is InChI=1S/C20H19N5O2/c1-13-11-19(27)23-20(21-13)25-17(12-16(24-25)15-8-9-15)22-18(26)10-7-14-5-3-2-4-6-14/h2-7,10-12,15H,8-9H2,1H3,(H,22,26)(H,21,23,27)/b10-7-. The van der Waals surface area contributed by atoms with E-state index in [0.29, 0.717) is 17.4 Å². The van der Waals surface area contributed by atoms with Gasteiger partial charge in [0, 0.05) is 29.8 Å². The number of nitrogens with one attached hydrogen (secondary N) is 2. The maximum atomic E-state index is 12.4. The van der Waals surface area contributed by atoms with Gasteiger partial charge in [0.15, 0.2) is 0 Å². The highest BCUT2D eigenvalue weighted by Crippen LogP contribution is 2.40. The molecule has 7 nitrogen and oxygen atoms in total. The number of hydrogen-bond acceptors (Lipinski definition) is 4. The zero-order valence-corrected chi connectivity index (χ0v) is 14.8. The Morgan fingerprint density at radius 3 is 2.74 bits per heavy atom. The molecule has 0 bridgehead atoms. The van der Waals surface area contributed by atoms with Gasteiger partial charge in [-0.1, -0.05) is 30.3 Å². The maximum Gasteiger partial charge on any atom is 0.252 e. The van der Waals surface area contributed by atoms with E-state index in [0.717, 1.165) is 24.1 Å². The van der Waals surface area contributed by atoms with Crippen molar-refractivity contribution < 1.29 is 4.79 Å². The summed E-state index contributed by atoms with van der Waals surface area (Å²) in [5.41, 5.74) is 2.15. The molecule has 1 aliphatic rings. The van der Waals surface area contributed by atoms with Crippen LogP contribution in [0.15, 0.2) is 53.3 Å². The van der Waals surface area contributed by atoms with Crippen LogP contribution in [0.25, 0.3) is 12.0 Å². The number of benzene rings is 1. The summed E-state index contributed by atoms with van der Waals surface area (Å²) in [5.74, 6) is 0.887. The summed E-state index contributed by atoms with van der Waals surface area (Å²) in [6, 6.07) is 12.8. The number of aromatic amines is 1. The van der Waals surface area contributed by atoms with Crippen LogP contribution in [-0.4, -0.2) is 25.7 Å². The molecule has 0 saturated heterocycles. The zero-order valence-electron chi connectivity index (χ0n) is 14.8. The molecular formula is C20H19N5O2. The van der Waals surface area contributed by atoms with Crippen molar-refractivity contribution in [2.24, 2.45) is 0 Å². The predicted octanol–water partition coefficient (Wildman–Crippen LogP) is 2.79. The number of aromatic nitrogens is 4. The Morgan fingerprint density at radius 2 is 2.04 bits per heavy atom. The molecule has 1 aromatic carbocycles. The highest BCUT2D eigenvalue weighted by Gasteiger charge is 2.28. The zero-order chi connectivity index (χ0) is 18.8. The highest BCUT2D eigenvalue weighted by atomic mass is 16.1. The SMILES string of the molecule is Cc1cc(=O)[nH]c(-n2nc(C3CC3)cc2NC(=O)/C=C\c2ccccc2)n1. The summed E-state index contributed by atoms with van der Waals surface area (Å²) < 4.78 is 1.48. The van der Waals surface area contributed by atoms with E-state index in [1.807, 2.05) is 36.4 Å². The number of aryl methyl sites for hydroxylation is 1. The Labute approximate surface area is 155 Å². The maximum absolute atomic E-state index is 12.4. The van der Waals surface area contributed by atoms with Crippen molar-refractivity contribution in [2.75, 3.05) is 5.32 Å². The molecule has 27 heavy (non-hydrogen) atoms. The first-order valence-corrected chi connectivity index (χ1v) is 8.81. The van der Waals surface area contributed by atoms with E-state index < -0.39 is 0 Å². The van der Waals surface area contributed by atoms with Gasteiger partial charge in [-0.3, -0.25) is 14.6 Å². The van der Waals surface area contributed by atoms with Crippen LogP contribution in [0.3, 0.4) is 0 Å². The van der Waals surface area contributed by atoms with Crippen molar-refractivity contribution >= 4 is 17.8 Å². The van der Waals surface area contributed by atoms with E-state index >= 15 is 0 Å². The summed E-state index contributed by atoms with van der Waals surface area (Å²) in [5, 5.41) is 7.38. The molecule has 4 rings (SSSR count). The molecule has 1 fully saturated rings. The van der Waals surface area contributed by atoms with Gasteiger partial charge in [-0.2, -0.15) is 9.78 Å². The van der Waals surface area contributed by atoms with E-state index in [2.05, 4.69) is 20.4 Å². The van der Waals surface area contributed by atoms with Gasteiger partial charge in [-0.25, -0.2) is 4.98 Å². The second-order valence-corrected chi connectivity index (χ2v) is 6.58. The third-order valence-electron chi connectivity index (χ3n) is 4.26. The number of H-pyrrole nitrogens is 1. The van der Waals surface area contributed by atoms with E-state index in [-0.39, 0.29) is 17.4 Å². The normalized spacial score (nSPS) is 13.8. The van der Waals surface area contributed by atoms with Crippen molar-refractivity contribution in [2.45, 2.75) is 25.7 Å². The van der Waals surface area contributed by atoms with Crippen LogP contribution >= 0.6 is 0 Å². The first-order valence-electron chi connectivity index (χ1n) is 8.81. The van der Waals surface area contributed by atoms with E-state index in [9.17, 15) is 9.59 Å². The van der Waals surface area contributed by atoms with Crippen LogP contribution in [0, 0.1) is 6.92 Å². The molecule has 2 aromatic heterocycles. The molecule has 136 valence electrons. The fraction of sp³-hybridized carbons (Fsp3) is 0.200. The Morgan fingerprint density at radius 1 is 1.26 bits per heavy atom. The largest absolute Gasteiger partial charge is 0.307 e. The summed E-state index contributed by atoms with van der Waals surface area (Å²) >= 11 is 0. The molecule has 0 spiro atoms. The highest BCUT2D eigenvalue weighted by molar-refractivity contribution is 6.01. The molecule has 1 saturated carbocycles. The van der Waals surface area contributed by atoms with Crippen molar-refractivity contribution in [1.82, 2.24) is 19.7 Å². The smallest absolute Gasteiger partial charge is 0.252 e. The molecule has 0 atom stereocenters. The molecular weight excluding hydrogens is 342 g/mol. The van der Waals surface area contributed by atoms with Gasteiger partial charge in [0.2, 0.25) is 11.9 Å². The Hall–Kier alpha value is -3.48. The number of anilines is 1. The topological polar surface area (TPSA) is 92.7 Å². The minimum absolute atomic E-state index is 0.262. The van der Waals surface area contributed by atoms with Gasteiger partial charge < -0.3 is 5.32 Å². The van der Waals surface area contributed by atoms with Crippen LogP contribution in [0.4, 0.5) is 5.82 Å². The molecule has 0 aliphatic heterocycles. The molecule has 1 aliphatic carbocycles. The lowest BCUT2D eigenvalue weighted by atomic mass is 10.2. The van der Waals surface area contributed by atoms with Gasteiger partial charge >= 0.3 is 0 Å². The summed E-state index contributed by atoms with van der Waals surface area (Å²) in [6.07, 6.45) is 5.37. The fourth-order valence-corrected chi connectivity index (χ4v) is 2.80. The third kappa shape index (κ3) is 4.03. The number of carbonyl (C=O) groups excluding carboxylic acids is 1. The van der Waals surface area contributed by atoms with E-state index in [4.69, 9.17) is 0 Å². The number of carbonyl (C=O) groups is 1. The van der Waals surface area contributed by atoms with Gasteiger partial charge in [-0.05, 0) is 31.4 Å². The van der Waals surface area contributed by atoms with Crippen LogP contribution in [-0.2, 0) is 4.79 Å². The third-order valence-corrected chi connectivity index (χ3v) is 4.26. The molecule has 7 heteroatoms. The first kappa shape index (κ1) is 17.0. The molecule has 1 amide bonds. The van der Waals surface area contributed by atoms with E-state index in [1.54, 1.807) is 13.0 Å². The van der Waals surface area contributed by atoms with Gasteiger partial charge in [0.05, 0.1) is 5.69 Å². The summed E-state index contributed by atoms with van der Waals surface area (Å²) in [7, 11) is 0. The minimum atomic E-state index is -0.280. The van der Waals surface area contributed by atoms with Crippen molar-refractivity contribution in [1.29, 1.82) is 0 Å². The number of hydrogen-bond donors (Lipinski definition) is 2. The molecule has 0 radical (unpaired) electrons. The summed E-state index contributed by atoms with van der Waals surface area (Å²) in [4.78, 5) is 31.2. The average molecular weight is 361 g/mol. The van der Waals surface area contributed by atoms with E-state index in [1.165, 1.54) is 16.8 Å². The first-order chi connectivity index (χ1) is 13.1. The quantitative estimate of drug-likeness (QED) is 0.684. The fourth-order valence-electron chi connectivity index (χ4n) is 2.80. The second-order valence-electron chi connectivity index (χ2n) is 6.58. The Kier molecular flexibility index (Phi) is 4.42. The average Bonchev–Trinajstić information content (AvgIpc) is 3.41. The molecule has 2 heterocycles. The van der Waals surface area contributed by atoms with Crippen LogP contribution in [0.1, 0.15) is 35.7 Å². The molecule has 0 unspecified atom stereocenters. The molecule has 2 N–H and O–H groups in total. The van der Waals surface area contributed by atoms with Crippen LogP contribution in [0.5, 0.6) is 0 Å². The lowest BCUT2D eigenvalue weighted by Gasteiger charge is -2.07. The van der Waals surface area contributed by atoms with Crippen LogP contribution in [0.2, 0.25) is 0 Å². The minimum Gasteiger partial charge on any atom is -0.307 e. The van der Waals surface area contributed by atoms with Crippen molar-refractivity contribution in [3.63, 3.8) is 0 Å². The van der Waals surface area contributed by atoms with Gasteiger partial charge in [-0.15, -0.1) is 0 Å². The lowest BCUT2D eigenvalue weighted by Crippen LogP contribution is -2.17. The van der Waals surface area contributed by atoms with Crippen molar-refractivity contribution in [3.8, 4) is 5.95 Å². The number of nitrogens with zero attached hydrogens (tertiary/aromatic N) is 3. The predicted molar refractivity (Wildman–Crippen MR) is 103 cm³/mol. The number of rotatable bonds is 5. The van der Waals surface area contributed by atoms with Crippen molar-refractivity contribution in [3.05, 3.63) is 75.8 Å². The van der Waals surface area contributed by atoms with Gasteiger partial charge in [0.1, 0.15) is 5.82 Å². The summed E-state index contributed by atoms with van der Waals surface area (Å²) in [6.45, 7) is 1.74. The second kappa shape index (κ2) is 7.03. The number of amides is 1.